The Bertz CT molecular complexity index is 325. The van der Waals surface area contributed by atoms with Crippen molar-refractivity contribution in [1.29, 1.82) is 0 Å². The van der Waals surface area contributed by atoms with Gasteiger partial charge in [-0.05, 0) is 44.0 Å². The van der Waals surface area contributed by atoms with Crippen molar-refractivity contribution in [2.45, 2.75) is 32.8 Å². The molecule has 0 saturated heterocycles. The molecule has 0 bridgehead atoms. The largest absolute Gasteiger partial charge is 0.489 e. The summed E-state index contributed by atoms with van der Waals surface area (Å²) in [6.07, 6.45) is 0.139. The highest BCUT2D eigenvalue weighted by Crippen LogP contribution is 2.28. The van der Waals surface area contributed by atoms with Gasteiger partial charge >= 0.3 is 0 Å². The van der Waals surface area contributed by atoms with Gasteiger partial charge in [-0.1, -0.05) is 24.6 Å². The van der Waals surface area contributed by atoms with E-state index in [9.17, 15) is 0 Å². The molecule has 1 aromatic rings. The molecule has 15 heavy (non-hydrogen) atoms. The first kappa shape index (κ1) is 12.3. The average molecular weight is 228 g/mol. The summed E-state index contributed by atoms with van der Waals surface area (Å²) in [6.45, 7) is 6.66. The molecule has 84 valence electrons. The lowest BCUT2D eigenvalue weighted by Gasteiger charge is -2.14. The van der Waals surface area contributed by atoms with Gasteiger partial charge < -0.3 is 10.5 Å². The normalized spacial score (nSPS) is 12.9. The summed E-state index contributed by atoms with van der Waals surface area (Å²) < 4.78 is 5.55. The Balaban J connectivity index is 2.88. The van der Waals surface area contributed by atoms with Crippen LogP contribution in [0, 0.1) is 0 Å². The molecule has 0 radical (unpaired) electrons. The van der Waals surface area contributed by atoms with Gasteiger partial charge in [0.15, 0.2) is 0 Å². The first-order valence-corrected chi connectivity index (χ1v) is 5.58. The second kappa shape index (κ2) is 5.38. The van der Waals surface area contributed by atoms with E-state index in [1.54, 1.807) is 0 Å². The van der Waals surface area contributed by atoms with Crippen LogP contribution in [0.5, 0.6) is 5.75 Å². The maximum absolute atomic E-state index is 6.11. The molecule has 2 nitrogen and oxygen atoms in total. The van der Waals surface area contributed by atoms with Gasteiger partial charge in [-0.25, -0.2) is 0 Å². The van der Waals surface area contributed by atoms with Gasteiger partial charge in [-0.3, -0.25) is 0 Å². The fourth-order valence-electron chi connectivity index (χ4n) is 1.31. The highest BCUT2D eigenvalue weighted by atomic mass is 35.5. The molecule has 0 aliphatic carbocycles. The monoisotopic (exact) mass is 227 g/mol. The third kappa shape index (κ3) is 3.40. The average Bonchev–Trinajstić information content (AvgIpc) is 2.19. The minimum absolute atomic E-state index is 0.139. The van der Waals surface area contributed by atoms with E-state index in [0.717, 1.165) is 11.3 Å². The van der Waals surface area contributed by atoms with Crippen LogP contribution < -0.4 is 10.5 Å². The lowest BCUT2D eigenvalue weighted by atomic mass is 10.0. The standard InChI is InChI=1S/C12H18ClNO/c1-8(2)15-12-5-4-10(6-11(12)13)9(3)7-14/h4-6,8-9H,7,14H2,1-3H3. The van der Waals surface area contributed by atoms with E-state index < -0.39 is 0 Å². The Morgan fingerprint density at radius 1 is 1.33 bits per heavy atom. The molecule has 0 aromatic heterocycles. The SMILES string of the molecule is CC(C)Oc1ccc(C(C)CN)cc1Cl. The molecule has 0 amide bonds. The smallest absolute Gasteiger partial charge is 0.138 e. The van der Waals surface area contributed by atoms with E-state index >= 15 is 0 Å². The Hall–Kier alpha value is -0.730. The highest BCUT2D eigenvalue weighted by molar-refractivity contribution is 6.32. The number of hydrogen-bond acceptors (Lipinski definition) is 2. The van der Waals surface area contributed by atoms with Crippen LogP contribution in [-0.2, 0) is 0 Å². The molecule has 2 N–H and O–H groups in total. The van der Waals surface area contributed by atoms with Gasteiger partial charge in [0.1, 0.15) is 5.75 Å². The van der Waals surface area contributed by atoms with Crippen molar-refractivity contribution in [3.05, 3.63) is 28.8 Å². The first-order chi connectivity index (χ1) is 7.04. The van der Waals surface area contributed by atoms with Gasteiger partial charge in [-0.15, -0.1) is 0 Å². The van der Waals surface area contributed by atoms with Crippen molar-refractivity contribution in [3.8, 4) is 5.75 Å². The van der Waals surface area contributed by atoms with Crippen LogP contribution in [0.2, 0.25) is 5.02 Å². The Labute approximate surface area is 96.4 Å². The lowest BCUT2D eigenvalue weighted by molar-refractivity contribution is 0.242. The van der Waals surface area contributed by atoms with Crippen molar-refractivity contribution < 1.29 is 4.74 Å². The third-order valence-electron chi connectivity index (χ3n) is 2.24. The number of halogens is 1. The summed E-state index contributed by atoms with van der Waals surface area (Å²) in [5.41, 5.74) is 6.75. The van der Waals surface area contributed by atoms with Crippen molar-refractivity contribution in [3.63, 3.8) is 0 Å². The Morgan fingerprint density at radius 2 is 2.00 bits per heavy atom. The number of rotatable bonds is 4. The molecule has 0 fully saturated rings. The maximum Gasteiger partial charge on any atom is 0.138 e. The summed E-state index contributed by atoms with van der Waals surface area (Å²) in [5, 5.41) is 0.654. The van der Waals surface area contributed by atoms with Crippen molar-refractivity contribution in [1.82, 2.24) is 0 Å². The summed E-state index contributed by atoms with van der Waals surface area (Å²) in [4.78, 5) is 0. The summed E-state index contributed by atoms with van der Waals surface area (Å²) >= 11 is 6.11. The third-order valence-corrected chi connectivity index (χ3v) is 2.54. The van der Waals surface area contributed by atoms with Crippen LogP contribution in [0.3, 0.4) is 0 Å². The zero-order valence-electron chi connectivity index (χ0n) is 9.46. The van der Waals surface area contributed by atoms with E-state index in [4.69, 9.17) is 22.1 Å². The molecule has 1 rings (SSSR count). The zero-order valence-corrected chi connectivity index (χ0v) is 10.2. The molecule has 0 spiro atoms. The quantitative estimate of drug-likeness (QED) is 0.858. The second-order valence-corrected chi connectivity index (χ2v) is 4.40. The minimum Gasteiger partial charge on any atom is -0.489 e. The zero-order chi connectivity index (χ0) is 11.4. The molecule has 3 heteroatoms. The van der Waals surface area contributed by atoms with E-state index in [-0.39, 0.29) is 6.10 Å². The fourth-order valence-corrected chi connectivity index (χ4v) is 1.54. The van der Waals surface area contributed by atoms with Crippen molar-refractivity contribution in [2.24, 2.45) is 5.73 Å². The molecule has 0 heterocycles. The van der Waals surface area contributed by atoms with Crippen LogP contribution in [-0.4, -0.2) is 12.6 Å². The van der Waals surface area contributed by atoms with Gasteiger partial charge in [0.05, 0.1) is 11.1 Å². The van der Waals surface area contributed by atoms with Crippen LogP contribution in [0.15, 0.2) is 18.2 Å². The number of benzene rings is 1. The summed E-state index contributed by atoms with van der Waals surface area (Å²) in [7, 11) is 0. The molecule has 1 unspecified atom stereocenters. The highest BCUT2D eigenvalue weighted by Gasteiger charge is 2.08. The molecule has 0 aliphatic heterocycles. The first-order valence-electron chi connectivity index (χ1n) is 5.20. The summed E-state index contributed by atoms with van der Waals surface area (Å²) in [6, 6.07) is 5.85. The van der Waals surface area contributed by atoms with E-state index in [2.05, 4.69) is 6.92 Å². The van der Waals surface area contributed by atoms with Crippen LogP contribution in [0.1, 0.15) is 32.3 Å². The number of ether oxygens (including phenoxy) is 1. The van der Waals surface area contributed by atoms with Gasteiger partial charge in [0, 0.05) is 0 Å². The molecule has 0 aliphatic rings. The number of hydrogen-bond donors (Lipinski definition) is 1. The lowest BCUT2D eigenvalue weighted by Crippen LogP contribution is -2.09. The van der Waals surface area contributed by atoms with E-state index in [0.29, 0.717) is 17.5 Å². The van der Waals surface area contributed by atoms with Crippen LogP contribution >= 0.6 is 11.6 Å². The van der Waals surface area contributed by atoms with E-state index in [1.165, 1.54) is 0 Å². The van der Waals surface area contributed by atoms with Crippen molar-refractivity contribution >= 4 is 11.6 Å². The van der Waals surface area contributed by atoms with Gasteiger partial charge in [0.2, 0.25) is 0 Å². The maximum atomic E-state index is 6.11. The summed E-state index contributed by atoms with van der Waals surface area (Å²) in [5.74, 6) is 1.07. The van der Waals surface area contributed by atoms with Crippen LogP contribution in [0.4, 0.5) is 0 Å². The predicted molar refractivity (Wildman–Crippen MR) is 64.7 cm³/mol. The Morgan fingerprint density at radius 3 is 2.47 bits per heavy atom. The fraction of sp³-hybridized carbons (Fsp3) is 0.500. The molecular weight excluding hydrogens is 210 g/mol. The van der Waals surface area contributed by atoms with Crippen molar-refractivity contribution in [2.75, 3.05) is 6.54 Å². The minimum atomic E-state index is 0.139. The van der Waals surface area contributed by atoms with E-state index in [1.807, 2.05) is 32.0 Å². The predicted octanol–water partition coefficient (Wildman–Crippen LogP) is 3.19. The molecule has 1 aromatic carbocycles. The molecule has 0 saturated carbocycles. The van der Waals surface area contributed by atoms with Gasteiger partial charge in [0.25, 0.3) is 0 Å². The van der Waals surface area contributed by atoms with Gasteiger partial charge in [-0.2, -0.15) is 0 Å². The second-order valence-electron chi connectivity index (χ2n) is 3.99. The molecular formula is C12H18ClNO. The molecule has 1 atom stereocenters. The Kier molecular flexibility index (Phi) is 4.43. The number of nitrogens with two attached hydrogens (primary N) is 1. The topological polar surface area (TPSA) is 35.2 Å². The van der Waals surface area contributed by atoms with Crippen LogP contribution in [0.25, 0.3) is 0 Å².